The van der Waals surface area contributed by atoms with Gasteiger partial charge in [0.2, 0.25) is 0 Å². The lowest BCUT2D eigenvalue weighted by Gasteiger charge is -2.27. The van der Waals surface area contributed by atoms with Crippen LogP contribution in [0.15, 0.2) is 18.2 Å². The molecule has 17 heavy (non-hydrogen) atoms. The summed E-state index contributed by atoms with van der Waals surface area (Å²) in [6.07, 6.45) is 3.38. The van der Waals surface area contributed by atoms with E-state index in [9.17, 15) is 5.11 Å². The van der Waals surface area contributed by atoms with Crippen LogP contribution in [0.5, 0.6) is 0 Å². The summed E-state index contributed by atoms with van der Waals surface area (Å²) in [5.41, 5.74) is 7.66. The van der Waals surface area contributed by atoms with E-state index >= 15 is 0 Å². The largest absolute Gasteiger partial charge is 0.399 e. The van der Waals surface area contributed by atoms with E-state index < -0.39 is 0 Å². The second kappa shape index (κ2) is 5.07. The fourth-order valence-corrected chi connectivity index (χ4v) is 2.22. The average Bonchev–Trinajstić information content (AvgIpc) is 2.34. The second-order valence-electron chi connectivity index (χ2n) is 4.57. The number of aliphatic hydroxyl groups excluding tert-OH is 1. The number of anilines is 2. The van der Waals surface area contributed by atoms with Crippen LogP contribution < -0.4 is 11.1 Å². The van der Waals surface area contributed by atoms with E-state index in [1.165, 1.54) is 0 Å². The number of nitrogens with two attached hydrogens (primary N) is 1. The van der Waals surface area contributed by atoms with Gasteiger partial charge in [0.25, 0.3) is 0 Å². The summed E-state index contributed by atoms with van der Waals surface area (Å²) in [7, 11) is 0. The first-order valence-corrected chi connectivity index (χ1v) is 5.93. The number of aliphatic hydroxyl groups is 1. The highest BCUT2D eigenvalue weighted by Crippen LogP contribution is 2.25. The zero-order valence-corrected chi connectivity index (χ0v) is 9.69. The number of hydrogen-bond donors (Lipinski definition) is 3. The van der Waals surface area contributed by atoms with Gasteiger partial charge in [-0.15, -0.1) is 0 Å². The molecule has 0 amide bonds. The van der Waals surface area contributed by atoms with E-state index in [0.29, 0.717) is 17.3 Å². The van der Waals surface area contributed by atoms with E-state index in [0.717, 1.165) is 31.4 Å². The molecule has 1 saturated carbocycles. The number of nitrogen functional groups attached to an aromatic ring is 1. The lowest BCUT2D eigenvalue weighted by Crippen LogP contribution is -2.28. The Morgan fingerprint density at radius 3 is 2.65 bits per heavy atom. The second-order valence-corrected chi connectivity index (χ2v) is 4.57. The first-order valence-electron chi connectivity index (χ1n) is 5.93. The molecule has 0 heterocycles. The van der Waals surface area contributed by atoms with Crippen LogP contribution >= 0.6 is 0 Å². The van der Waals surface area contributed by atoms with Crippen LogP contribution in [0.3, 0.4) is 0 Å². The molecule has 1 aromatic carbocycles. The number of nitrogens with one attached hydrogen (secondary N) is 1. The van der Waals surface area contributed by atoms with Gasteiger partial charge in [-0.1, -0.05) is 0 Å². The summed E-state index contributed by atoms with van der Waals surface area (Å²) in [5.74, 6) is 0. The molecular weight excluding hydrogens is 214 g/mol. The van der Waals surface area contributed by atoms with Crippen LogP contribution in [0.2, 0.25) is 0 Å². The molecule has 1 aliphatic rings. The Kier molecular flexibility index (Phi) is 3.50. The normalized spacial score (nSPS) is 24.0. The van der Waals surface area contributed by atoms with Crippen molar-refractivity contribution in [3.63, 3.8) is 0 Å². The summed E-state index contributed by atoms with van der Waals surface area (Å²) < 4.78 is 0. The van der Waals surface area contributed by atoms with Gasteiger partial charge in [0.15, 0.2) is 0 Å². The van der Waals surface area contributed by atoms with Crippen LogP contribution in [0.4, 0.5) is 11.4 Å². The van der Waals surface area contributed by atoms with Gasteiger partial charge < -0.3 is 16.2 Å². The minimum Gasteiger partial charge on any atom is -0.399 e. The Balaban J connectivity index is 2.06. The van der Waals surface area contributed by atoms with Gasteiger partial charge in [-0.05, 0) is 43.9 Å². The zero-order chi connectivity index (χ0) is 12.3. The van der Waals surface area contributed by atoms with Crippen molar-refractivity contribution in [2.75, 3.05) is 11.1 Å². The molecule has 0 bridgehead atoms. The maximum atomic E-state index is 9.43. The molecule has 2 rings (SSSR count). The van der Waals surface area contributed by atoms with Gasteiger partial charge in [0, 0.05) is 11.7 Å². The van der Waals surface area contributed by atoms with E-state index in [4.69, 9.17) is 11.0 Å². The molecule has 0 aliphatic heterocycles. The van der Waals surface area contributed by atoms with Crippen molar-refractivity contribution in [2.24, 2.45) is 0 Å². The summed E-state index contributed by atoms with van der Waals surface area (Å²) in [6.45, 7) is 0. The average molecular weight is 231 g/mol. The Morgan fingerprint density at radius 2 is 2.00 bits per heavy atom. The Labute approximate surface area is 101 Å². The molecule has 0 spiro atoms. The van der Waals surface area contributed by atoms with Crippen molar-refractivity contribution in [1.29, 1.82) is 5.26 Å². The predicted octanol–water partition coefficient (Wildman–Crippen LogP) is 1.86. The highest BCUT2D eigenvalue weighted by atomic mass is 16.3. The van der Waals surface area contributed by atoms with Gasteiger partial charge in [-0.25, -0.2) is 0 Å². The first kappa shape index (κ1) is 11.7. The SMILES string of the molecule is N#Cc1cc(N)ccc1NC1CCC(O)CC1. The number of rotatable bonds is 2. The molecule has 0 radical (unpaired) electrons. The van der Waals surface area contributed by atoms with Crippen molar-refractivity contribution in [3.8, 4) is 6.07 Å². The summed E-state index contributed by atoms with van der Waals surface area (Å²) in [4.78, 5) is 0. The molecular formula is C13H17N3O. The predicted molar refractivity (Wildman–Crippen MR) is 67.5 cm³/mol. The smallest absolute Gasteiger partial charge is 0.101 e. The van der Waals surface area contributed by atoms with Gasteiger partial charge in [0.05, 0.1) is 17.4 Å². The number of nitrogens with zero attached hydrogens (tertiary/aromatic N) is 1. The van der Waals surface area contributed by atoms with E-state index in [2.05, 4.69) is 11.4 Å². The third-order valence-electron chi connectivity index (χ3n) is 3.22. The Hall–Kier alpha value is -1.73. The number of nitriles is 1. The van der Waals surface area contributed by atoms with E-state index in [1.807, 2.05) is 6.07 Å². The maximum absolute atomic E-state index is 9.43. The zero-order valence-electron chi connectivity index (χ0n) is 9.69. The van der Waals surface area contributed by atoms with Crippen molar-refractivity contribution < 1.29 is 5.11 Å². The van der Waals surface area contributed by atoms with Crippen molar-refractivity contribution in [1.82, 2.24) is 0 Å². The Morgan fingerprint density at radius 1 is 1.29 bits per heavy atom. The van der Waals surface area contributed by atoms with Crippen LogP contribution in [0.1, 0.15) is 31.2 Å². The fraction of sp³-hybridized carbons (Fsp3) is 0.462. The molecule has 0 unspecified atom stereocenters. The number of benzene rings is 1. The molecule has 90 valence electrons. The highest BCUT2D eigenvalue weighted by Gasteiger charge is 2.19. The third-order valence-corrected chi connectivity index (χ3v) is 3.22. The van der Waals surface area contributed by atoms with Crippen LogP contribution in [0.25, 0.3) is 0 Å². The van der Waals surface area contributed by atoms with Gasteiger partial charge in [0.1, 0.15) is 6.07 Å². The maximum Gasteiger partial charge on any atom is 0.101 e. The van der Waals surface area contributed by atoms with Crippen LogP contribution in [0, 0.1) is 11.3 Å². The molecule has 0 atom stereocenters. The lowest BCUT2D eigenvalue weighted by molar-refractivity contribution is 0.126. The molecule has 1 aliphatic carbocycles. The molecule has 1 aromatic rings. The van der Waals surface area contributed by atoms with E-state index in [1.54, 1.807) is 12.1 Å². The Bertz CT molecular complexity index is 431. The minimum atomic E-state index is -0.157. The molecule has 1 fully saturated rings. The van der Waals surface area contributed by atoms with Crippen LogP contribution in [-0.2, 0) is 0 Å². The lowest BCUT2D eigenvalue weighted by atomic mass is 9.93. The summed E-state index contributed by atoms with van der Waals surface area (Å²) in [6, 6.07) is 7.80. The molecule has 4 nitrogen and oxygen atoms in total. The van der Waals surface area contributed by atoms with E-state index in [-0.39, 0.29) is 6.10 Å². The topological polar surface area (TPSA) is 82.1 Å². The van der Waals surface area contributed by atoms with Gasteiger partial charge in [-0.2, -0.15) is 5.26 Å². The van der Waals surface area contributed by atoms with Crippen LogP contribution in [-0.4, -0.2) is 17.3 Å². The quantitative estimate of drug-likeness (QED) is 0.678. The van der Waals surface area contributed by atoms with Crippen molar-refractivity contribution >= 4 is 11.4 Å². The molecule has 0 saturated heterocycles. The molecule has 4 N–H and O–H groups in total. The first-order chi connectivity index (χ1) is 8.19. The fourth-order valence-electron chi connectivity index (χ4n) is 2.22. The third kappa shape index (κ3) is 2.89. The minimum absolute atomic E-state index is 0.157. The highest BCUT2D eigenvalue weighted by molar-refractivity contribution is 5.63. The monoisotopic (exact) mass is 231 g/mol. The standard InChI is InChI=1S/C13H17N3O/c14-8-9-7-10(15)1-6-13(9)16-11-2-4-12(17)5-3-11/h1,6-7,11-12,16-17H,2-5,15H2. The van der Waals surface area contributed by atoms with Crippen molar-refractivity contribution in [2.45, 2.75) is 37.8 Å². The molecule has 4 heteroatoms. The number of hydrogen-bond acceptors (Lipinski definition) is 4. The summed E-state index contributed by atoms with van der Waals surface area (Å²) >= 11 is 0. The van der Waals surface area contributed by atoms with Crippen molar-refractivity contribution in [3.05, 3.63) is 23.8 Å². The summed E-state index contributed by atoms with van der Waals surface area (Å²) in [5, 5.41) is 21.8. The van der Waals surface area contributed by atoms with Gasteiger partial charge >= 0.3 is 0 Å². The van der Waals surface area contributed by atoms with Gasteiger partial charge in [-0.3, -0.25) is 0 Å². The molecule has 0 aromatic heterocycles.